The van der Waals surface area contributed by atoms with Crippen LogP contribution in [0, 0.1) is 23.2 Å². The zero-order valence-corrected chi connectivity index (χ0v) is 39.1. The third-order valence-electron chi connectivity index (χ3n) is 10.5. The Hall–Kier alpha value is -5.07. The van der Waals surface area contributed by atoms with Crippen LogP contribution in [0.3, 0.4) is 0 Å². The number of ether oxygens (including phenoxy) is 4. The van der Waals surface area contributed by atoms with Gasteiger partial charge in [-0.15, -0.1) is 0 Å². The smallest absolute Gasteiger partial charge is 0.459 e. The van der Waals surface area contributed by atoms with E-state index in [0.29, 0.717) is 11.9 Å². The third-order valence-corrected chi connectivity index (χ3v) is 12.2. The highest BCUT2D eigenvalue weighted by molar-refractivity contribution is 7.52. The molecule has 0 spiro atoms. The van der Waals surface area contributed by atoms with E-state index in [4.69, 9.17) is 33.7 Å². The molecule has 64 heavy (non-hydrogen) atoms. The maximum absolute atomic E-state index is 14.6. The van der Waals surface area contributed by atoms with E-state index in [1.165, 1.54) is 43.1 Å². The van der Waals surface area contributed by atoms with Crippen LogP contribution in [-0.2, 0) is 48.0 Å². The van der Waals surface area contributed by atoms with E-state index in [2.05, 4.69) is 52.5 Å². The highest BCUT2D eigenvalue weighted by Crippen LogP contribution is 2.48. The number of nitrogens with two attached hydrogens (primary N) is 1. The first-order valence-corrected chi connectivity index (χ1v) is 24.1. The van der Waals surface area contributed by atoms with Gasteiger partial charge in [0, 0.05) is 0 Å². The Balaban J connectivity index is 1.42. The molecule has 0 aliphatic carbocycles. The topological polar surface area (TPSA) is 216 Å². The van der Waals surface area contributed by atoms with Gasteiger partial charge in [0.1, 0.15) is 35.8 Å². The van der Waals surface area contributed by atoms with E-state index in [0.717, 1.165) is 51.4 Å². The molecule has 0 radical (unpaired) electrons. The summed E-state index contributed by atoms with van der Waals surface area (Å²) in [7, 11) is -4.49. The molecule has 3 N–H and O–H groups in total. The standard InChI is InChI=1S/C47H67N6O10P/c1-7-8-9-10-11-12-13-14-15-16-17-18-19-20-21-25-30-58-46(56)36(6)52-64(57,63-37-26-23-22-24-27-37)59-31-39-41(60-44(54)34(2)3)42(61-45(55)35(4)5)47(32-48,62-39)40-29-28-38-43(49)50-33-51-53(38)40/h11-12,14-15,22-24,26-29,33-36,39,41-42H,7-10,13,16-21,25,30-31H2,1-6H3,(H,52,57)(H2,49,50,51)/b12-11-,15-14-/t36-,39+,41+,42+,47-,64-/m0/s1. The number of carbonyl (C=O) groups excluding carboxylic acids is 3. The summed E-state index contributed by atoms with van der Waals surface area (Å²) < 4.78 is 51.7. The SMILES string of the molecule is CCCCC/C=C\C/C=C\CCCCCCCCOC(=O)[C@H](C)N[P@](=O)(OC[C@H]1O[C@@](C#N)(c2ccc3c(N)ncnn23)[C@H](OC(=O)C(C)C)[C@@H]1OC(=O)C(C)C)Oc1ccccc1. The normalized spacial score (nSPS) is 20.1. The predicted molar refractivity (Wildman–Crippen MR) is 243 cm³/mol. The van der Waals surface area contributed by atoms with Crippen molar-refractivity contribution >= 4 is 37.0 Å². The maximum Gasteiger partial charge on any atom is 0.459 e. The van der Waals surface area contributed by atoms with Crippen molar-refractivity contribution in [2.24, 2.45) is 11.8 Å². The zero-order chi connectivity index (χ0) is 46.5. The van der Waals surface area contributed by atoms with Crippen molar-refractivity contribution in [3.8, 4) is 11.8 Å². The Morgan fingerprint density at radius 3 is 2.19 bits per heavy atom. The molecular weight excluding hydrogens is 840 g/mol. The summed E-state index contributed by atoms with van der Waals surface area (Å²) in [6.07, 6.45) is 18.7. The minimum Gasteiger partial charge on any atom is -0.465 e. The number of nitrogens with one attached hydrogen (secondary N) is 1. The third kappa shape index (κ3) is 15.0. The summed E-state index contributed by atoms with van der Waals surface area (Å²) in [6.45, 7) is 9.67. The van der Waals surface area contributed by atoms with Gasteiger partial charge in [-0.25, -0.2) is 14.1 Å². The number of aromatic nitrogens is 3. The molecule has 4 rings (SSSR count). The summed E-state index contributed by atoms with van der Waals surface area (Å²) in [5.41, 5.74) is 4.37. The second kappa shape index (κ2) is 26.0. The van der Waals surface area contributed by atoms with Gasteiger partial charge in [-0.3, -0.25) is 18.9 Å². The first-order chi connectivity index (χ1) is 30.7. The molecule has 0 unspecified atom stereocenters. The van der Waals surface area contributed by atoms with Gasteiger partial charge in [-0.2, -0.15) is 15.4 Å². The van der Waals surface area contributed by atoms with Crippen molar-refractivity contribution < 1.29 is 46.9 Å². The van der Waals surface area contributed by atoms with E-state index in [-0.39, 0.29) is 23.9 Å². The molecule has 2 aromatic heterocycles. The van der Waals surface area contributed by atoms with Crippen LogP contribution in [-0.4, -0.2) is 70.1 Å². The van der Waals surface area contributed by atoms with Crippen molar-refractivity contribution in [3.63, 3.8) is 0 Å². The van der Waals surface area contributed by atoms with Crippen molar-refractivity contribution in [2.75, 3.05) is 18.9 Å². The summed E-state index contributed by atoms with van der Waals surface area (Å²) in [5, 5.41) is 17.9. The maximum atomic E-state index is 14.6. The molecule has 350 valence electrons. The van der Waals surface area contributed by atoms with Crippen LogP contribution >= 0.6 is 7.75 Å². The predicted octanol–water partition coefficient (Wildman–Crippen LogP) is 9.10. The van der Waals surface area contributed by atoms with Crippen LogP contribution in [0.2, 0.25) is 0 Å². The number of nitriles is 1. The Bertz CT molecular complexity index is 2090. The number of para-hydroxylation sites is 1. The first-order valence-electron chi connectivity index (χ1n) is 22.6. The van der Waals surface area contributed by atoms with Crippen molar-refractivity contribution in [1.29, 1.82) is 5.26 Å². The number of nitrogen functional groups attached to an aromatic ring is 1. The average Bonchev–Trinajstić information content (AvgIpc) is 3.84. The summed E-state index contributed by atoms with van der Waals surface area (Å²) in [4.78, 5) is 43.7. The second-order valence-corrected chi connectivity index (χ2v) is 18.2. The number of carbonyl (C=O) groups is 3. The Labute approximate surface area is 377 Å². The van der Waals surface area contributed by atoms with Gasteiger partial charge in [-0.05, 0) is 69.7 Å². The van der Waals surface area contributed by atoms with Gasteiger partial charge in [0.05, 0.1) is 30.7 Å². The van der Waals surface area contributed by atoms with Crippen molar-refractivity contribution in [1.82, 2.24) is 19.7 Å². The van der Waals surface area contributed by atoms with Crippen LogP contribution < -0.4 is 15.3 Å². The van der Waals surface area contributed by atoms with Gasteiger partial charge in [0.25, 0.3) is 0 Å². The lowest BCUT2D eigenvalue weighted by atomic mass is 9.92. The van der Waals surface area contributed by atoms with E-state index < -0.39 is 74.1 Å². The number of allylic oxidation sites excluding steroid dienone is 4. The van der Waals surface area contributed by atoms with Gasteiger partial charge in [-0.1, -0.05) is 116 Å². The van der Waals surface area contributed by atoms with Crippen LogP contribution in [0.1, 0.15) is 124 Å². The number of anilines is 1. The largest absolute Gasteiger partial charge is 0.465 e. The number of esters is 3. The zero-order valence-electron chi connectivity index (χ0n) is 38.2. The number of nitrogens with zero attached hydrogens (tertiary/aromatic N) is 4. The molecule has 0 bridgehead atoms. The minimum absolute atomic E-state index is 0.0896. The number of fused-ring (bicyclic) bond motifs is 1. The summed E-state index contributed by atoms with van der Waals surface area (Å²) >= 11 is 0. The Kier molecular flexibility index (Phi) is 21.0. The van der Waals surface area contributed by atoms with E-state index in [9.17, 15) is 24.2 Å². The number of benzene rings is 1. The van der Waals surface area contributed by atoms with Crippen LogP contribution in [0.5, 0.6) is 5.75 Å². The number of hydrogen-bond acceptors (Lipinski definition) is 14. The molecule has 1 saturated heterocycles. The quantitative estimate of drug-likeness (QED) is 0.0228. The minimum atomic E-state index is -4.49. The fraction of sp³-hybridized carbons (Fsp3) is 0.574. The molecule has 1 aromatic carbocycles. The Morgan fingerprint density at radius 2 is 1.53 bits per heavy atom. The van der Waals surface area contributed by atoms with Crippen molar-refractivity contribution in [2.45, 2.75) is 149 Å². The lowest BCUT2D eigenvalue weighted by molar-refractivity contribution is -0.173. The van der Waals surface area contributed by atoms with E-state index in [1.54, 1.807) is 64.1 Å². The average molecular weight is 907 g/mol. The second-order valence-electron chi connectivity index (χ2n) is 16.5. The summed E-state index contributed by atoms with van der Waals surface area (Å²) in [5.74, 6) is -3.11. The monoisotopic (exact) mass is 906 g/mol. The fourth-order valence-corrected chi connectivity index (χ4v) is 8.40. The fourth-order valence-electron chi connectivity index (χ4n) is 6.89. The van der Waals surface area contributed by atoms with Crippen LogP contribution in [0.4, 0.5) is 5.82 Å². The van der Waals surface area contributed by atoms with Gasteiger partial charge in [0.2, 0.25) is 5.60 Å². The van der Waals surface area contributed by atoms with Crippen LogP contribution in [0.15, 0.2) is 73.1 Å². The number of unbranched alkanes of at least 4 members (excludes halogenated alkanes) is 9. The van der Waals surface area contributed by atoms with E-state index in [1.807, 2.05) is 0 Å². The number of rotatable bonds is 28. The molecule has 1 fully saturated rings. The van der Waals surface area contributed by atoms with Gasteiger partial charge < -0.3 is 29.2 Å². The van der Waals surface area contributed by atoms with Crippen LogP contribution in [0.25, 0.3) is 5.52 Å². The summed E-state index contributed by atoms with van der Waals surface area (Å²) in [6, 6.07) is 12.2. The molecule has 17 heteroatoms. The molecule has 0 amide bonds. The molecule has 1 aliphatic heterocycles. The molecule has 1 aliphatic rings. The molecule has 3 heterocycles. The molecular formula is C47H67N6O10P. The first kappa shape index (κ1) is 51.6. The highest BCUT2D eigenvalue weighted by atomic mass is 31.2. The lowest BCUT2D eigenvalue weighted by Crippen LogP contribution is -2.47. The highest BCUT2D eigenvalue weighted by Gasteiger charge is 2.63. The molecule has 6 atom stereocenters. The lowest BCUT2D eigenvalue weighted by Gasteiger charge is -2.29. The van der Waals surface area contributed by atoms with Gasteiger partial charge in [0.15, 0.2) is 18.0 Å². The molecule has 0 saturated carbocycles. The Morgan fingerprint density at radius 1 is 0.891 bits per heavy atom. The van der Waals surface area contributed by atoms with Crippen molar-refractivity contribution in [3.05, 3.63) is 78.8 Å². The van der Waals surface area contributed by atoms with Gasteiger partial charge >= 0.3 is 25.7 Å². The van der Waals surface area contributed by atoms with E-state index >= 15 is 0 Å². The molecule has 16 nitrogen and oxygen atoms in total. The number of hydrogen-bond donors (Lipinski definition) is 2. The molecule has 3 aromatic rings.